The molecule has 44 heavy (non-hydrogen) atoms. The molecule has 12 nitrogen and oxygen atoms in total. The van der Waals surface area contributed by atoms with Gasteiger partial charge < -0.3 is 35.7 Å². The minimum Gasteiger partial charge on any atom is -0.359 e. The maximum absolute atomic E-state index is 12.9. The van der Waals surface area contributed by atoms with Crippen molar-refractivity contribution in [1.29, 1.82) is 0 Å². The first-order valence-electron chi connectivity index (χ1n) is 14.7. The summed E-state index contributed by atoms with van der Waals surface area (Å²) >= 11 is 0. The molecule has 0 saturated carbocycles. The molecule has 2 aromatic heterocycles. The van der Waals surface area contributed by atoms with Gasteiger partial charge in [-0.1, -0.05) is 45.8 Å². The van der Waals surface area contributed by atoms with Gasteiger partial charge in [-0.3, -0.25) is 19.2 Å². The number of aryl methyl sites for hydroxylation is 1. The van der Waals surface area contributed by atoms with Crippen LogP contribution in [-0.2, 0) is 24.6 Å². The first-order valence-corrected chi connectivity index (χ1v) is 14.7. The van der Waals surface area contributed by atoms with E-state index in [1.54, 1.807) is 30.3 Å². The minimum atomic E-state index is -0.535. The summed E-state index contributed by atoms with van der Waals surface area (Å²) in [6.07, 6.45) is 1.72. The summed E-state index contributed by atoms with van der Waals surface area (Å²) in [5, 5.41) is 14.9. The summed E-state index contributed by atoms with van der Waals surface area (Å²) < 4.78 is 5.26. The standard InChI is InChI=1S/C32H41N7O5/c1-8-39(9-2)13-12-27(40)37-30-18(3)23(33-19(30)4)15-22-21-11-10-20(14-24(21)35-31(22)43)34-28(41)17-29(42)36-26-16-25(44-38-26)32(5,6)7/h10-11,14-16,33H,8-9,12-13,17H2,1-7H3,(H,34,41)(H,35,43)(H,37,40)(H,36,38,42)/b22-15-. The van der Waals surface area contributed by atoms with Crippen LogP contribution in [0.2, 0.25) is 0 Å². The van der Waals surface area contributed by atoms with Crippen molar-refractivity contribution in [2.75, 3.05) is 40.9 Å². The van der Waals surface area contributed by atoms with Gasteiger partial charge in [-0.05, 0) is 50.7 Å². The number of nitrogens with one attached hydrogen (secondary N) is 5. The Balaban J connectivity index is 1.40. The molecule has 4 amide bonds. The van der Waals surface area contributed by atoms with E-state index in [4.69, 9.17) is 4.52 Å². The average molecular weight is 604 g/mol. The normalized spacial score (nSPS) is 13.6. The summed E-state index contributed by atoms with van der Waals surface area (Å²) in [4.78, 5) is 55.9. The number of aromatic nitrogens is 2. The molecule has 3 aromatic rings. The van der Waals surface area contributed by atoms with E-state index < -0.39 is 18.2 Å². The van der Waals surface area contributed by atoms with E-state index in [1.807, 2.05) is 34.6 Å². The van der Waals surface area contributed by atoms with E-state index >= 15 is 0 Å². The molecule has 3 heterocycles. The Morgan fingerprint density at radius 2 is 1.70 bits per heavy atom. The van der Waals surface area contributed by atoms with Gasteiger partial charge in [0.15, 0.2) is 5.82 Å². The summed E-state index contributed by atoms with van der Waals surface area (Å²) in [7, 11) is 0. The number of benzene rings is 1. The first kappa shape index (κ1) is 32.2. The van der Waals surface area contributed by atoms with Crippen molar-refractivity contribution in [3.8, 4) is 0 Å². The van der Waals surface area contributed by atoms with Crippen LogP contribution in [0, 0.1) is 13.8 Å². The van der Waals surface area contributed by atoms with Crippen LogP contribution in [0.3, 0.4) is 0 Å². The van der Waals surface area contributed by atoms with Crippen LogP contribution in [0.5, 0.6) is 0 Å². The third-order valence-corrected chi connectivity index (χ3v) is 7.50. The number of fused-ring (bicyclic) bond motifs is 1. The molecule has 0 spiro atoms. The van der Waals surface area contributed by atoms with E-state index in [9.17, 15) is 19.2 Å². The molecule has 0 radical (unpaired) electrons. The van der Waals surface area contributed by atoms with Crippen molar-refractivity contribution in [3.63, 3.8) is 0 Å². The van der Waals surface area contributed by atoms with Crippen LogP contribution in [0.25, 0.3) is 11.6 Å². The van der Waals surface area contributed by atoms with Gasteiger partial charge in [-0.2, -0.15) is 0 Å². The number of amides is 4. The fourth-order valence-corrected chi connectivity index (χ4v) is 4.89. The van der Waals surface area contributed by atoms with Crippen LogP contribution in [0.1, 0.15) is 75.7 Å². The topological polar surface area (TPSA) is 161 Å². The molecule has 1 aromatic carbocycles. The van der Waals surface area contributed by atoms with E-state index in [0.717, 1.165) is 24.3 Å². The second kappa shape index (κ2) is 13.3. The average Bonchev–Trinajstić information content (AvgIpc) is 3.61. The van der Waals surface area contributed by atoms with Crippen molar-refractivity contribution in [1.82, 2.24) is 15.0 Å². The van der Waals surface area contributed by atoms with E-state index in [1.165, 1.54) is 0 Å². The Morgan fingerprint density at radius 3 is 2.36 bits per heavy atom. The van der Waals surface area contributed by atoms with Gasteiger partial charge >= 0.3 is 0 Å². The Labute approximate surface area is 257 Å². The van der Waals surface area contributed by atoms with Crippen LogP contribution in [0.4, 0.5) is 22.9 Å². The lowest BCUT2D eigenvalue weighted by Crippen LogP contribution is -2.27. The first-order chi connectivity index (χ1) is 20.8. The summed E-state index contributed by atoms with van der Waals surface area (Å²) in [5.74, 6) is -0.560. The van der Waals surface area contributed by atoms with Crippen LogP contribution < -0.4 is 21.3 Å². The maximum atomic E-state index is 12.9. The fraction of sp³-hybridized carbons (Fsp3) is 0.406. The van der Waals surface area contributed by atoms with Gasteiger partial charge in [-0.15, -0.1) is 0 Å². The molecule has 0 aliphatic carbocycles. The SMILES string of the molecule is CCN(CC)CCC(=O)Nc1c(C)[nH]c(/C=C2\C(=O)Nc3cc(NC(=O)CC(=O)Nc4cc(C(C)(C)C)on4)ccc32)c1C. The zero-order valence-electron chi connectivity index (χ0n) is 26.4. The van der Waals surface area contributed by atoms with Crippen molar-refractivity contribution >= 4 is 58.2 Å². The lowest BCUT2D eigenvalue weighted by atomic mass is 9.93. The molecule has 12 heteroatoms. The number of nitrogens with zero attached hydrogens (tertiary/aromatic N) is 2. The molecule has 0 atom stereocenters. The highest BCUT2D eigenvalue weighted by Crippen LogP contribution is 2.36. The van der Waals surface area contributed by atoms with Gasteiger partial charge in [0.05, 0.1) is 16.9 Å². The monoisotopic (exact) mass is 603 g/mol. The minimum absolute atomic E-state index is 0.0647. The quantitative estimate of drug-likeness (QED) is 0.151. The summed E-state index contributed by atoms with van der Waals surface area (Å²) in [6, 6.07) is 6.68. The van der Waals surface area contributed by atoms with Crippen LogP contribution >= 0.6 is 0 Å². The van der Waals surface area contributed by atoms with Gasteiger partial charge in [0, 0.05) is 47.1 Å². The summed E-state index contributed by atoms with van der Waals surface area (Å²) in [6.45, 7) is 16.3. The Kier molecular flexibility index (Phi) is 9.73. The smallest absolute Gasteiger partial charge is 0.256 e. The predicted octanol–water partition coefficient (Wildman–Crippen LogP) is 5.05. The largest absolute Gasteiger partial charge is 0.359 e. The van der Waals surface area contributed by atoms with Gasteiger partial charge in [-0.25, -0.2) is 0 Å². The zero-order valence-corrected chi connectivity index (χ0v) is 26.4. The molecule has 1 aliphatic heterocycles. The Morgan fingerprint density at radius 1 is 1.00 bits per heavy atom. The van der Waals surface area contributed by atoms with Crippen LogP contribution in [0.15, 0.2) is 28.8 Å². The van der Waals surface area contributed by atoms with Gasteiger partial charge in [0.1, 0.15) is 12.2 Å². The highest BCUT2D eigenvalue weighted by Gasteiger charge is 2.26. The van der Waals surface area contributed by atoms with E-state index in [2.05, 4.69) is 50.2 Å². The number of anilines is 4. The van der Waals surface area contributed by atoms with Gasteiger partial charge in [0.2, 0.25) is 17.7 Å². The molecular formula is C32H41N7O5. The number of H-pyrrole nitrogens is 1. The number of carbonyl (C=O) groups excluding carboxylic acids is 4. The van der Waals surface area contributed by atoms with Crippen molar-refractivity contribution < 1.29 is 23.7 Å². The molecule has 0 saturated heterocycles. The van der Waals surface area contributed by atoms with Gasteiger partial charge in [0.25, 0.3) is 5.91 Å². The molecule has 0 fully saturated rings. The lowest BCUT2D eigenvalue weighted by molar-refractivity contribution is -0.124. The number of hydrogen-bond acceptors (Lipinski definition) is 7. The maximum Gasteiger partial charge on any atom is 0.256 e. The second-order valence-electron chi connectivity index (χ2n) is 11.9. The third-order valence-electron chi connectivity index (χ3n) is 7.50. The van der Waals surface area contributed by atoms with Crippen molar-refractivity contribution in [3.05, 3.63) is 52.5 Å². The van der Waals surface area contributed by atoms with Crippen molar-refractivity contribution in [2.45, 2.75) is 66.7 Å². The van der Waals surface area contributed by atoms with E-state index in [0.29, 0.717) is 52.6 Å². The molecular weight excluding hydrogens is 562 g/mol. The highest BCUT2D eigenvalue weighted by molar-refractivity contribution is 6.35. The second-order valence-corrected chi connectivity index (χ2v) is 11.9. The lowest BCUT2D eigenvalue weighted by Gasteiger charge is -2.17. The van der Waals surface area contributed by atoms with E-state index in [-0.39, 0.29) is 23.0 Å². The van der Waals surface area contributed by atoms with Crippen molar-refractivity contribution in [2.24, 2.45) is 0 Å². The number of hydrogen-bond donors (Lipinski definition) is 5. The molecule has 5 N–H and O–H groups in total. The number of rotatable bonds is 11. The highest BCUT2D eigenvalue weighted by atomic mass is 16.5. The van der Waals surface area contributed by atoms with Crippen LogP contribution in [-0.4, -0.2) is 58.3 Å². The zero-order chi connectivity index (χ0) is 32.2. The predicted molar refractivity (Wildman–Crippen MR) is 171 cm³/mol. The molecule has 0 unspecified atom stereocenters. The third kappa shape index (κ3) is 7.62. The molecule has 4 rings (SSSR count). The molecule has 234 valence electrons. The molecule has 0 bridgehead atoms. The summed E-state index contributed by atoms with van der Waals surface area (Å²) in [5.41, 5.74) is 4.86. The Bertz CT molecular complexity index is 1600. The fourth-order valence-electron chi connectivity index (χ4n) is 4.89. The Hall–Kier alpha value is -4.71. The molecule has 1 aliphatic rings. The number of aromatic amines is 1. The number of carbonyl (C=O) groups is 4.